The van der Waals surface area contributed by atoms with Gasteiger partial charge < -0.3 is 10.1 Å². The Hall–Kier alpha value is -1.76. The van der Waals surface area contributed by atoms with Gasteiger partial charge in [0.25, 0.3) is 5.91 Å². The quantitative estimate of drug-likeness (QED) is 0.793. The Labute approximate surface area is 164 Å². The molecule has 0 bridgehead atoms. The first-order valence-electron chi connectivity index (χ1n) is 9.87. The molecule has 1 N–H and O–H groups in total. The van der Waals surface area contributed by atoms with Crippen molar-refractivity contribution in [2.45, 2.75) is 50.8 Å². The molecule has 0 spiro atoms. The van der Waals surface area contributed by atoms with Gasteiger partial charge in [-0.05, 0) is 24.8 Å². The number of thiazole rings is 1. The zero-order valence-electron chi connectivity index (χ0n) is 15.8. The number of carbonyl (C=O) groups excluding carboxylic acids is 1. The van der Waals surface area contributed by atoms with E-state index in [0.29, 0.717) is 18.2 Å². The molecule has 0 unspecified atom stereocenters. The fourth-order valence-corrected chi connectivity index (χ4v) is 4.54. The smallest absolute Gasteiger partial charge is 0.271 e. The molecular weight excluding hydrogens is 358 g/mol. The van der Waals surface area contributed by atoms with E-state index < -0.39 is 0 Å². The van der Waals surface area contributed by atoms with E-state index in [2.05, 4.69) is 46.4 Å². The molecule has 2 atom stereocenters. The highest BCUT2D eigenvalue weighted by molar-refractivity contribution is 7.10. The van der Waals surface area contributed by atoms with Crippen LogP contribution >= 0.6 is 11.3 Å². The summed E-state index contributed by atoms with van der Waals surface area (Å²) in [5.74, 6) is 0.514. The third kappa shape index (κ3) is 4.75. The molecule has 2 fully saturated rings. The number of nitrogens with zero attached hydrogens (tertiary/aromatic N) is 2. The van der Waals surface area contributed by atoms with Crippen molar-refractivity contribution in [2.24, 2.45) is 0 Å². The normalized spacial score (nSPS) is 21.7. The summed E-state index contributed by atoms with van der Waals surface area (Å²) >= 11 is 1.61. The van der Waals surface area contributed by atoms with Crippen LogP contribution in [0.25, 0.3) is 0 Å². The summed E-state index contributed by atoms with van der Waals surface area (Å²) in [7, 11) is 0. The number of nitrogens with one attached hydrogen (secondary N) is 1. The van der Waals surface area contributed by atoms with Gasteiger partial charge in [-0.25, -0.2) is 4.98 Å². The van der Waals surface area contributed by atoms with Gasteiger partial charge in [0.05, 0.1) is 23.8 Å². The minimum atomic E-state index is -0.0752. The van der Waals surface area contributed by atoms with Gasteiger partial charge in [-0.3, -0.25) is 9.69 Å². The second kappa shape index (κ2) is 8.50. The highest BCUT2D eigenvalue weighted by atomic mass is 32.1. The third-order valence-electron chi connectivity index (χ3n) is 5.31. The summed E-state index contributed by atoms with van der Waals surface area (Å²) in [5, 5.41) is 6.16. The summed E-state index contributed by atoms with van der Waals surface area (Å²) in [4.78, 5) is 19.6. The lowest BCUT2D eigenvalue weighted by Crippen LogP contribution is -2.53. The molecule has 2 aliphatic rings. The minimum absolute atomic E-state index is 0.00199. The van der Waals surface area contributed by atoms with Crippen LogP contribution in [-0.4, -0.2) is 47.6 Å². The molecule has 144 valence electrons. The maximum Gasteiger partial charge on any atom is 0.271 e. The van der Waals surface area contributed by atoms with E-state index in [9.17, 15) is 4.79 Å². The SMILES string of the molecule is CC[C@H](NC(=O)c1csc(C2CC2)n1)[C@H]1CN(Cc2ccccc2)CCO1. The predicted molar refractivity (Wildman–Crippen MR) is 107 cm³/mol. The highest BCUT2D eigenvalue weighted by Gasteiger charge is 2.30. The second-order valence-corrected chi connectivity index (χ2v) is 8.35. The molecule has 0 radical (unpaired) electrons. The van der Waals surface area contributed by atoms with E-state index in [1.54, 1.807) is 11.3 Å². The van der Waals surface area contributed by atoms with Crippen molar-refractivity contribution in [3.63, 3.8) is 0 Å². The van der Waals surface area contributed by atoms with Gasteiger partial charge in [-0.15, -0.1) is 11.3 Å². The lowest BCUT2D eigenvalue weighted by atomic mass is 10.1. The molecule has 1 aromatic carbocycles. The third-order valence-corrected chi connectivity index (χ3v) is 6.32. The molecular formula is C21H27N3O2S. The topological polar surface area (TPSA) is 54.5 Å². The van der Waals surface area contributed by atoms with Crippen molar-refractivity contribution in [3.05, 3.63) is 52.0 Å². The van der Waals surface area contributed by atoms with E-state index >= 15 is 0 Å². The van der Waals surface area contributed by atoms with E-state index in [1.807, 2.05) is 11.4 Å². The number of hydrogen-bond donors (Lipinski definition) is 1. The van der Waals surface area contributed by atoms with Crippen LogP contribution in [0, 0.1) is 0 Å². The Morgan fingerprint density at radius 1 is 1.37 bits per heavy atom. The van der Waals surface area contributed by atoms with Gasteiger partial charge in [0.1, 0.15) is 5.69 Å². The zero-order valence-corrected chi connectivity index (χ0v) is 16.6. The Balaban J connectivity index is 1.35. The maximum atomic E-state index is 12.6. The molecule has 5 nitrogen and oxygen atoms in total. The Morgan fingerprint density at radius 3 is 2.93 bits per heavy atom. The van der Waals surface area contributed by atoms with Gasteiger partial charge in [0.2, 0.25) is 0 Å². The van der Waals surface area contributed by atoms with Crippen LogP contribution < -0.4 is 5.32 Å². The summed E-state index contributed by atoms with van der Waals surface area (Å²) in [6.07, 6.45) is 3.27. The number of ether oxygens (including phenoxy) is 1. The van der Waals surface area contributed by atoms with Crippen molar-refractivity contribution in [3.8, 4) is 0 Å². The lowest BCUT2D eigenvalue weighted by Gasteiger charge is -2.37. The number of carbonyl (C=O) groups is 1. The fraction of sp³-hybridized carbons (Fsp3) is 0.524. The molecule has 1 amide bonds. The van der Waals surface area contributed by atoms with Crippen LogP contribution in [0.4, 0.5) is 0 Å². The molecule has 27 heavy (non-hydrogen) atoms. The predicted octanol–water partition coefficient (Wildman–Crippen LogP) is 3.43. The number of hydrogen-bond acceptors (Lipinski definition) is 5. The van der Waals surface area contributed by atoms with E-state index in [4.69, 9.17) is 4.74 Å². The van der Waals surface area contributed by atoms with Gasteiger partial charge >= 0.3 is 0 Å². The molecule has 2 heterocycles. The van der Waals surface area contributed by atoms with Crippen molar-refractivity contribution < 1.29 is 9.53 Å². The fourth-order valence-electron chi connectivity index (χ4n) is 3.57. The number of benzene rings is 1. The molecule has 6 heteroatoms. The average molecular weight is 386 g/mol. The minimum Gasteiger partial charge on any atom is -0.373 e. The first kappa shape index (κ1) is 18.6. The number of aromatic nitrogens is 1. The molecule has 1 saturated heterocycles. The first-order valence-corrected chi connectivity index (χ1v) is 10.7. The largest absolute Gasteiger partial charge is 0.373 e. The Kier molecular flexibility index (Phi) is 5.86. The van der Waals surface area contributed by atoms with Crippen LogP contribution in [0.1, 0.15) is 53.2 Å². The molecule has 4 rings (SSSR count). The van der Waals surface area contributed by atoms with Gasteiger partial charge in [0, 0.05) is 30.9 Å². The van der Waals surface area contributed by atoms with Crippen LogP contribution in [0.3, 0.4) is 0 Å². The monoisotopic (exact) mass is 385 g/mol. The average Bonchev–Trinajstić information content (AvgIpc) is 3.43. The molecule has 1 aliphatic heterocycles. The van der Waals surface area contributed by atoms with Gasteiger partial charge in [0.15, 0.2) is 0 Å². The Morgan fingerprint density at radius 2 is 2.19 bits per heavy atom. The molecule has 1 saturated carbocycles. The Bertz CT molecular complexity index is 760. The molecule has 2 aromatic rings. The summed E-state index contributed by atoms with van der Waals surface area (Å²) < 4.78 is 6.01. The lowest BCUT2D eigenvalue weighted by molar-refractivity contribution is -0.0483. The van der Waals surface area contributed by atoms with Gasteiger partial charge in [-0.2, -0.15) is 0 Å². The van der Waals surface area contributed by atoms with Crippen molar-refractivity contribution in [1.29, 1.82) is 0 Å². The van der Waals surface area contributed by atoms with Crippen molar-refractivity contribution >= 4 is 17.2 Å². The van der Waals surface area contributed by atoms with Crippen LogP contribution in [0.2, 0.25) is 0 Å². The van der Waals surface area contributed by atoms with Crippen molar-refractivity contribution in [2.75, 3.05) is 19.7 Å². The van der Waals surface area contributed by atoms with Crippen molar-refractivity contribution in [1.82, 2.24) is 15.2 Å². The zero-order chi connectivity index (χ0) is 18.6. The summed E-state index contributed by atoms with van der Waals surface area (Å²) in [5.41, 5.74) is 1.86. The van der Waals surface area contributed by atoms with Gasteiger partial charge in [-0.1, -0.05) is 37.3 Å². The number of rotatable bonds is 7. The maximum absolute atomic E-state index is 12.6. The van der Waals surface area contributed by atoms with E-state index in [1.165, 1.54) is 18.4 Å². The standard InChI is InChI=1S/C21H27N3O2S/c1-2-17(22-20(25)18-14-27-21(23-18)16-8-9-16)19-13-24(10-11-26-19)12-15-6-4-3-5-7-15/h3-7,14,16-17,19H,2,8-13H2,1H3,(H,22,25)/t17-,19+/m0/s1. The number of morpholine rings is 1. The van der Waals surface area contributed by atoms with Crippen LogP contribution in [-0.2, 0) is 11.3 Å². The summed E-state index contributed by atoms with van der Waals surface area (Å²) in [6, 6.07) is 10.5. The number of amides is 1. The molecule has 1 aromatic heterocycles. The van der Waals surface area contributed by atoms with Crippen LogP contribution in [0.5, 0.6) is 0 Å². The summed E-state index contributed by atoms with van der Waals surface area (Å²) in [6.45, 7) is 5.47. The first-order chi connectivity index (χ1) is 13.2. The van der Waals surface area contributed by atoms with E-state index in [0.717, 1.165) is 31.1 Å². The van der Waals surface area contributed by atoms with E-state index in [-0.39, 0.29) is 18.1 Å². The molecule has 1 aliphatic carbocycles. The van der Waals surface area contributed by atoms with Crippen LogP contribution in [0.15, 0.2) is 35.7 Å². The highest BCUT2D eigenvalue weighted by Crippen LogP contribution is 2.41. The second-order valence-electron chi connectivity index (χ2n) is 7.46.